The molecule has 0 fully saturated rings. The summed E-state index contributed by atoms with van der Waals surface area (Å²) in [5.74, 6) is 0.715. The second-order valence-electron chi connectivity index (χ2n) is 6.22. The first kappa shape index (κ1) is 17.9. The fourth-order valence-electron chi connectivity index (χ4n) is 2.42. The molecule has 1 aromatic rings. The third-order valence-corrected chi connectivity index (χ3v) is 3.90. The highest BCUT2D eigenvalue weighted by atomic mass is 16.5. The predicted molar refractivity (Wildman–Crippen MR) is 88.0 cm³/mol. The van der Waals surface area contributed by atoms with Crippen LogP contribution in [-0.2, 0) is 4.74 Å². The molecule has 0 aliphatic carbocycles. The number of methoxy groups -OCH3 is 1. The molecule has 118 valence electrons. The number of hydrogen-bond donors (Lipinski definition) is 0. The highest BCUT2D eigenvalue weighted by Crippen LogP contribution is 2.15. The Morgan fingerprint density at radius 1 is 1.19 bits per heavy atom. The fraction of sp³-hybridized carbons (Fsp3) is 0.611. The Bertz CT molecular complexity index is 468. The highest BCUT2D eigenvalue weighted by Gasteiger charge is 2.23. The number of aryl methyl sites for hydroxylation is 2. The SMILES string of the molecule is COCCN(CC(C)C)C(C)C(=O)c1ccc(C)c(C)c1. The van der Waals surface area contributed by atoms with E-state index in [4.69, 9.17) is 4.74 Å². The molecule has 3 nitrogen and oxygen atoms in total. The van der Waals surface area contributed by atoms with Gasteiger partial charge in [0, 0.05) is 25.8 Å². The Morgan fingerprint density at radius 3 is 2.38 bits per heavy atom. The van der Waals surface area contributed by atoms with Crippen LogP contribution in [0.3, 0.4) is 0 Å². The fourth-order valence-corrected chi connectivity index (χ4v) is 2.42. The Balaban J connectivity index is 2.87. The van der Waals surface area contributed by atoms with Crippen molar-refractivity contribution in [2.45, 2.75) is 40.7 Å². The number of nitrogens with zero attached hydrogens (tertiary/aromatic N) is 1. The largest absolute Gasteiger partial charge is 0.383 e. The summed E-state index contributed by atoms with van der Waals surface area (Å²) < 4.78 is 5.17. The third kappa shape index (κ3) is 5.25. The molecule has 21 heavy (non-hydrogen) atoms. The third-order valence-electron chi connectivity index (χ3n) is 3.90. The van der Waals surface area contributed by atoms with Gasteiger partial charge in [0.2, 0.25) is 0 Å². The molecule has 0 aliphatic heterocycles. The summed E-state index contributed by atoms with van der Waals surface area (Å²) in [6.45, 7) is 12.8. The Kier molecular flexibility index (Phi) is 7.06. The summed E-state index contributed by atoms with van der Waals surface area (Å²) in [5.41, 5.74) is 3.19. The van der Waals surface area contributed by atoms with Crippen molar-refractivity contribution in [3.8, 4) is 0 Å². The van der Waals surface area contributed by atoms with Crippen molar-refractivity contribution in [1.29, 1.82) is 0 Å². The molecule has 0 radical (unpaired) electrons. The van der Waals surface area contributed by atoms with Crippen LogP contribution in [0.5, 0.6) is 0 Å². The molecule has 1 atom stereocenters. The van der Waals surface area contributed by atoms with E-state index in [1.807, 2.05) is 32.0 Å². The number of hydrogen-bond acceptors (Lipinski definition) is 3. The zero-order valence-corrected chi connectivity index (χ0v) is 14.3. The average Bonchev–Trinajstić information content (AvgIpc) is 2.44. The second kappa shape index (κ2) is 8.30. The van der Waals surface area contributed by atoms with Crippen molar-refractivity contribution >= 4 is 5.78 Å². The number of Topliss-reactive ketones (excluding diaryl/α,β-unsaturated/α-hetero) is 1. The molecule has 0 saturated carbocycles. The van der Waals surface area contributed by atoms with Crippen molar-refractivity contribution in [2.75, 3.05) is 26.8 Å². The van der Waals surface area contributed by atoms with Crippen LogP contribution in [0.1, 0.15) is 42.3 Å². The van der Waals surface area contributed by atoms with Gasteiger partial charge in [-0.05, 0) is 43.9 Å². The van der Waals surface area contributed by atoms with E-state index in [9.17, 15) is 4.79 Å². The van der Waals surface area contributed by atoms with E-state index in [0.29, 0.717) is 12.5 Å². The maximum atomic E-state index is 12.7. The van der Waals surface area contributed by atoms with Crippen LogP contribution in [0.25, 0.3) is 0 Å². The molecule has 1 unspecified atom stereocenters. The van der Waals surface area contributed by atoms with E-state index < -0.39 is 0 Å². The monoisotopic (exact) mass is 291 g/mol. The van der Waals surface area contributed by atoms with Crippen LogP contribution in [-0.4, -0.2) is 43.5 Å². The summed E-state index contributed by atoms with van der Waals surface area (Å²) in [7, 11) is 1.70. The molecule has 1 rings (SSSR count). The molecular formula is C18H29NO2. The molecule has 0 saturated heterocycles. The zero-order valence-electron chi connectivity index (χ0n) is 14.3. The van der Waals surface area contributed by atoms with Crippen LogP contribution in [0.15, 0.2) is 18.2 Å². The predicted octanol–water partition coefficient (Wildman–Crippen LogP) is 3.48. The van der Waals surface area contributed by atoms with Gasteiger partial charge >= 0.3 is 0 Å². The lowest BCUT2D eigenvalue weighted by Gasteiger charge is -2.29. The molecule has 0 amide bonds. The lowest BCUT2D eigenvalue weighted by Crippen LogP contribution is -2.43. The van der Waals surface area contributed by atoms with Gasteiger partial charge in [-0.25, -0.2) is 0 Å². The number of carbonyl (C=O) groups is 1. The quantitative estimate of drug-likeness (QED) is 0.687. The van der Waals surface area contributed by atoms with E-state index in [2.05, 4.69) is 25.7 Å². The Hall–Kier alpha value is -1.19. The molecule has 0 spiro atoms. The zero-order chi connectivity index (χ0) is 16.0. The maximum absolute atomic E-state index is 12.7. The first-order valence-electron chi connectivity index (χ1n) is 7.71. The highest BCUT2D eigenvalue weighted by molar-refractivity contribution is 6.00. The normalized spacial score (nSPS) is 13.0. The summed E-state index contributed by atoms with van der Waals surface area (Å²) in [6, 6.07) is 5.84. The molecule has 0 N–H and O–H groups in total. The van der Waals surface area contributed by atoms with Crippen molar-refractivity contribution in [2.24, 2.45) is 5.92 Å². The number of rotatable bonds is 8. The number of benzene rings is 1. The maximum Gasteiger partial charge on any atom is 0.179 e. The van der Waals surface area contributed by atoms with Crippen molar-refractivity contribution in [1.82, 2.24) is 4.90 Å². The lowest BCUT2D eigenvalue weighted by molar-refractivity contribution is 0.0750. The van der Waals surface area contributed by atoms with Crippen LogP contribution in [0, 0.1) is 19.8 Å². The first-order valence-corrected chi connectivity index (χ1v) is 7.71. The van der Waals surface area contributed by atoms with Gasteiger partial charge in [0.15, 0.2) is 5.78 Å². The minimum absolute atomic E-state index is 0.121. The van der Waals surface area contributed by atoms with E-state index in [0.717, 1.165) is 18.7 Å². The second-order valence-corrected chi connectivity index (χ2v) is 6.22. The van der Waals surface area contributed by atoms with E-state index in [1.165, 1.54) is 11.1 Å². The average molecular weight is 291 g/mol. The first-order chi connectivity index (χ1) is 9.86. The van der Waals surface area contributed by atoms with Gasteiger partial charge in [-0.2, -0.15) is 0 Å². The minimum Gasteiger partial charge on any atom is -0.383 e. The van der Waals surface area contributed by atoms with Crippen LogP contribution >= 0.6 is 0 Å². The molecule has 3 heteroatoms. The van der Waals surface area contributed by atoms with Gasteiger partial charge < -0.3 is 4.74 Å². The van der Waals surface area contributed by atoms with Crippen molar-refractivity contribution in [3.63, 3.8) is 0 Å². The van der Waals surface area contributed by atoms with E-state index >= 15 is 0 Å². The van der Waals surface area contributed by atoms with Crippen molar-refractivity contribution < 1.29 is 9.53 Å². The molecule has 0 heterocycles. The van der Waals surface area contributed by atoms with Gasteiger partial charge in [0.1, 0.15) is 0 Å². The molecular weight excluding hydrogens is 262 g/mol. The van der Waals surface area contributed by atoms with Crippen LogP contribution in [0.4, 0.5) is 0 Å². The van der Waals surface area contributed by atoms with Gasteiger partial charge in [-0.1, -0.05) is 26.0 Å². The number of carbonyl (C=O) groups excluding carboxylic acids is 1. The number of ether oxygens (including phenoxy) is 1. The van der Waals surface area contributed by atoms with E-state index in [1.54, 1.807) is 7.11 Å². The Labute approximate surface area is 129 Å². The lowest BCUT2D eigenvalue weighted by atomic mass is 9.99. The van der Waals surface area contributed by atoms with Crippen LogP contribution in [0.2, 0.25) is 0 Å². The van der Waals surface area contributed by atoms with Gasteiger partial charge in [-0.15, -0.1) is 0 Å². The summed E-state index contributed by atoms with van der Waals surface area (Å²) in [4.78, 5) is 14.9. The summed E-state index contributed by atoms with van der Waals surface area (Å²) in [6.07, 6.45) is 0. The number of ketones is 1. The minimum atomic E-state index is -0.121. The molecule has 0 aromatic heterocycles. The smallest absolute Gasteiger partial charge is 0.179 e. The van der Waals surface area contributed by atoms with Gasteiger partial charge in [0.25, 0.3) is 0 Å². The summed E-state index contributed by atoms with van der Waals surface area (Å²) in [5, 5.41) is 0. The molecule has 1 aromatic carbocycles. The Morgan fingerprint density at radius 2 is 1.86 bits per heavy atom. The molecule has 0 bridgehead atoms. The van der Waals surface area contributed by atoms with E-state index in [-0.39, 0.29) is 11.8 Å². The standard InChI is InChI=1S/C18H29NO2/c1-13(2)12-19(9-10-21-6)16(5)18(20)17-8-7-14(3)15(4)11-17/h7-8,11,13,16H,9-10,12H2,1-6H3. The van der Waals surface area contributed by atoms with Crippen LogP contribution < -0.4 is 0 Å². The van der Waals surface area contributed by atoms with Gasteiger partial charge in [0.05, 0.1) is 12.6 Å². The van der Waals surface area contributed by atoms with Gasteiger partial charge in [-0.3, -0.25) is 9.69 Å². The summed E-state index contributed by atoms with van der Waals surface area (Å²) >= 11 is 0. The topological polar surface area (TPSA) is 29.5 Å². The van der Waals surface area contributed by atoms with Crippen molar-refractivity contribution in [3.05, 3.63) is 34.9 Å². The molecule has 0 aliphatic rings.